The summed E-state index contributed by atoms with van der Waals surface area (Å²) in [5, 5.41) is 4.56. The molecule has 0 saturated heterocycles. The Balaban J connectivity index is 1.26. The van der Waals surface area contributed by atoms with Crippen LogP contribution in [0.1, 0.15) is 0 Å². The lowest BCUT2D eigenvalue weighted by Crippen LogP contribution is -2.11. The first kappa shape index (κ1) is 25.0. The van der Waals surface area contributed by atoms with Crippen molar-refractivity contribution in [3.63, 3.8) is 0 Å². The molecule has 0 unspecified atom stereocenters. The fourth-order valence-corrected chi connectivity index (χ4v) is 7.34. The minimum atomic E-state index is 0.679. The second-order valence-electron chi connectivity index (χ2n) is 10.9. The molecule has 0 radical (unpaired) electrons. The summed E-state index contributed by atoms with van der Waals surface area (Å²) < 4.78 is 15.9. The van der Waals surface area contributed by atoms with Gasteiger partial charge in [0.25, 0.3) is 0 Å². The maximum Gasteiger partial charge on any atom is 0.193 e. The molecule has 0 atom stereocenters. The fraction of sp³-hybridized carbons (Fsp3) is 0. The van der Waals surface area contributed by atoms with Crippen molar-refractivity contribution in [2.45, 2.75) is 0 Å². The third-order valence-electron chi connectivity index (χ3n) is 8.31. The summed E-state index contributed by atoms with van der Waals surface area (Å²) in [7, 11) is 0. The molecule has 0 N–H and O–H groups in total. The lowest BCUT2D eigenvalue weighted by atomic mass is 10.0. The smallest absolute Gasteiger partial charge is 0.193 e. The normalized spacial score (nSPS) is 12.0. The molecule has 0 spiro atoms. The van der Waals surface area contributed by atoms with Gasteiger partial charge in [-0.05, 0) is 77.2 Å². The van der Waals surface area contributed by atoms with Gasteiger partial charge in [0, 0.05) is 31.5 Å². The van der Waals surface area contributed by atoms with Gasteiger partial charge in [0.1, 0.15) is 11.5 Å². The van der Waals surface area contributed by atoms with E-state index in [2.05, 4.69) is 114 Å². The Morgan fingerprint density at radius 3 is 1.95 bits per heavy atom. The third-order valence-corrected chi connectivity index (χ3v) is 9.46. The van der Waals surface area contributed by atoms with Gasteiger partial charge in [0.2, 0.25) is 0 Å². The number of hydrogen-bond donors (Lipinski definition) is 0. The molecule has 0 aliphatic carbocycles. The fourth-order valence-electron chi connectivity index (χ4n) is 6.25. The lowest BCUT2D eigenvalue weighted by molar-refractivity contribution is 0.440. The highest BCUT2D eigenvalue weighted by atomic mass is 32.1. The first-order valence-electron chi connectivity index (χ1n) is 14.7. The highest BCUT2D eigenvalue weighted by Crippen LogP contribution is 2.52. The Morgan fingerprint density at radius 1 is 0.455 bits per heavy atom. The van der Waals surface area contributed by atoms with Crippen molar-refractivity contribution in [3.05, 3.63) is 152 Å². The van der Waals surface area contributed by atoms with Crippen LogP contribution in [0.15, 0.2) is 152 Å². The average molecular weight is 584 g/mol. The van der Waals surface area contributed by atoms with Crippen LogP contribution in [0, 0.1) is 0 Å². The number of anilines is 3. The van der Waals surface area contributed by atoms with Crippen LogP contribution in [0.5, 0.6) is 23.0 Å². The molecule has 1 aromatic heterocycles. The molecule has 9 rings (SSSR count). The monoisotopic (exact) mass is 583 g/mol. The van der Waals surface area contributed by atoms with Crippen molar-refractivity contribution in [2.24, 2.45) is 0 Å². The second-order valence-corrected chi connectivity index (χ2v) is 12.0. The molecule has 44 heavy (non-hydrogen) atoms. The van der Waals surface area contributed by atoms with Gasteiger partial charge in [0.05, 0.1) is 11.1 Å². The van der Waals surface area contributed by atoms with Crippen LogP contribution in [-0.2, 0) is 0 Å². The third kappa shape index (κ3) is 4.03. The number of nitrogens with zero attached hydrogens (tertiary/aromatic N) is 1. The van der Waals surface area contributed by atoms with E-state index >= 15 is 0 Å². The zero-order valence-corrected chi connectivity index (χ0v) is 24.4. The zero-order valence-electron chi connectivity index (χ0n) is 23.6. The van der Waals surface area contributed by atoms with Gasteiger partial charge in [-0.15, -0.1) is 11.3 Å². The summed E-state index contributed by atoms with van der Waals surface area (Å²) in [5.74, 6) is 2.93. The van der Waals surface area contributed by atoms with E-state index in [4.69, 9.17) is 9.47 Å². The van der Waals surface area contributed by atoms with Gasteiger partial charge < -0.3 is 14.4 Å². The van der Waals surface area contributed by atoms with E-state index in [9.17, 15) is 0 Å². The molecule has 3 nitrogen and oxygen atoms in total. The van der Waals surface area contributed by atoms with Crippen LogP contribution >= 0.6 is 11.3 Å². The van der Waals surface area contributed by atoms with Gasteiger partial charge in [-0.3, -0.25) is 0 Å². The molecular weight excluding hydrogens is 559 g/mol. The molecule has 2 heterocycles. The number of thiophene rings is 1. The van der Waals surface area contributed by atoms with Crippen LogP contribution in [0.2, 0.25) is 0 Å². The van der Waals surface area contributed by atoms with Crippen molar-refractivity contribution in [2.75, 3.05) is 4.90 Å². The summed E-state index contributed by atoms with van der Waals surface area (Å²) >= 11 is 1.83. The molecule has 7 aromatic carbocycles. The summed E-state index contributed by atoms with van der Waals surface area (Å²) in [6.07, 6.45) is 0. The Labute approximate surface area is 258 Å². The van der Waals surface area contributed by atoms with Crippen molar-refractivity contribution < 1.29 is 9.47 Å². The van der Waals surface area contributed by atoms with Crippen LogP contribution in [0.3, 0.4) is 0 Å². The second kappa shape index (κ2) is 10.0. The summed E-state index contributed by atoms with van der Waals surface area (Å²) in [5.41, 5.74) is 5.33. The lowest BCUT2D eigenvalue weighted by Gasteiger charge is -2.28. The van der Waals surface area contributed by atoms with Gasteiger partial charge in [-0.25, -0.2) is 0 Å². The predicted molar refractivity (Wildman–Crippen MR) is 184 cm³/mol. The maximum absolute atomic E-state index is 6.80. The Bertz CT molecular complexity index is 2340. The van der Waals surface area contributed by atoms with Crippen LogP contribution in [-0.4, -0.2) is 0 Å². The van der Waals surface area contributed by atoms with Crippen LogP contribution in [0.4, 0.5) is 17.1 Å². The highest BCUT2D eigenvalue weighted by Gasteiger charge is 2.25. The molecule has 0 amide bonds. The van der Waals surface area contributed by atoms with Gasteiger partial charge in [-0.1, -0.05) is 91.0 Å². The van der Waals surface area contributed by atoms with Crippen molar-refractivity contribution >= 4 is 59.3 Å². The largest absolute Gasteiger partial charge is 0.453 e. The SMILES string of the molecule is c1ccc(-c2ccc(N(c3ccc4sc5ccccc5c4c3)c3cccc4c3Oc3cccc5cccc(c35)O4)cc2)cc1. The van der Waals surface area contributed by atoms with E-state index in [-0.39, 0.29) is 0 Å². The van der Waals surface area contributed by atoms with Gasteiger partial charge in [0.15, 0.2) is 11.5 Å². The van der Waals surface area contributed by atoms with Gasteiger partial charge >= 0.3 is 0 Å². The van der Waals surface area contributed by atoms with E-state index < -0.39 is 0 Å². The van der Waals surface area contributed by atoms with Crippen molar-refractivity contribution in [1.29, 1.82) is 0 Å². The number of benzene rings is 7. The van der Waals surface area contributed by atoms with Crippen molar-refractivity contribution in [3.8, 4) is 34.1 Å². The molecule has 1 aliphatic rings. The molecule has 0 fully saturated rings. The topological polar surface area (TPSA) is 21.7 Å². The first-order valence-corrected chi connectivity index (χ1v) is 15.5. The minimum absolute atomic E-state index is 0.679. The van der Waals surface area contributed by atoms with E-state index in [1.807, 2.05) is 53.8 Å². The Hall–Kier alpha value is -5.58. The predicted octanol–water partition coefficient (Wildman–Crippen LogP) is 12.2. The highest BCUT2D eigenvalue weighted by molar-refractivity contribution is 7.25. The molecule has 4 heteroatoms. The summed E-state index contributed by atoms with van der Waals surface area (Å²) in [6.45, 7) is 0. The first-order chi connectivity index (χ1) is 21.8. The van der Waals surface area contributed by atoms with Gasteiger partial charge in [-0.2, -0.15) is 0 Å². The number of ether oxygens (including phenoxy) is 2. The standard InChI is InChI=1S/C40H25NO2S/c1-2-9-26(10-3-1)27-19-21-29(22-20-27)41(30-23-24-38-32(25-30)31-13-4-5-18-37(31)44-38)33-14-8-17-36-40(33)43-35-16-7-12-28-11-6-15-34(42-36)39(28)35/h1-25H. The maximum atomic E-state index is 6.80. The average Bonchev–Trinajstić information content (AvgIpc) is 3.36. The minimum Gasteiger partial charge on any atom is -0.453 e. The zero-order chi connectivity index (χ0) is 29.0. The van der Waals surface area contributed by atoms with E-state index in [0.29, 0.717) is 11.5 Å². The van der Waals surface area contributed by atoms with E-state index in [1.165, 1.54) is 31.3 Å². The van der Waals surface area contributed by atoms with E-state index in [0.717, 1.165) is 39.3 Å². The molecular formula is C40H25NO2S. The number of hydrogen-bond acceptors (Lipinski definition) is 4. The van der Waals surface area contributed by atoms with Crippen LogP contribution < -0.4 is 14.4 Å². The Morgan fingerprint density at radius 2 is 1.11 bits per heavy atom. The van der Waals surface area contributed by atoms with Crippen LogP contribution in [0.25, 0.3) is 42.1 Å². The number of fused-ring (bicyclic) bond motifs is 4. The molecule has 0 saturated carbocycles. The molecule has 208 valence electrons. The number of rotatable bonds is 4. The molecule has 1 aliphatic heterocycles. The summed E-state index contributed by atoms with van der Waals surface area (Å²) in [6, 6.07) is 53.0. The molecule has 8 aromatic rings. The van der Waals surface area contributed by atoms with Crippen molar-refractivity contribution in [1.82, 2.24) is 0 Å². The quantitative estimate of drug-likeness (QED) is 0.206. The number of para-hydroxylation sites is 1. The Kier molecular flexibility index (Phi) is 5.68. The summed E-state index contributed by atoms with van der Waals surface area (Å²) in [4.78, 5) is 2.28. The molecule has 0 bridgehead atoms. The van der Waals surface area contributed by atoms with E-state index in [1.54, 1.807) is 0 Å².